The summed E-state index contributed by atoms with van der Waals surface area (Å²) >= 11 is 0. The predicted octanol–water partition coefficient (Wildman–Crippen LogP) is 6.50. The molecule has 0 heterocycles. The molecule has 4 nitrogen and oxygen atoms in total. The second-order valence-electron chi connectivity index (χ2n) is 15.1. The molecule has 1 unspecified atom stereocenters. The van der Waals surface area contributed by atoms with Crippen LogP contribution in [-0.2, 0) is 14.3 Å². The molecular weight excluding hydrogens is 436 g/mol. The largest absolute Gasteiger partial charge is 0.469 e. The Balaban J connectivity index is 1.61. The molecule has 0 bridgehead atoms. The number of rotatable bonds is 1. The van der Waals surface area contributed by atoms with Crippen molar-refractivity contribution in [3.63, 3.8) is 0 Å². The van der Waals surface area contributed by atoms with Gasteiger partial charge in [-0.3, -0.25) is 9.59 Å². The Morgan fingerprint density at radius 1 is 0.943 bits per heavy atom. The number of hydrogen-bond acceptors (Lipinski definition) is 4. The number of fused-ring (bicyclic) bond motifs is 7. The molecule has 0 saturated heterocycles. The van der Waals surface area contributed by atoms with Gasteiger partial charge in [-0.05, 0) is 110 Å². The number of methoxy groups -OCH3 is 1. The third-order valence-electron chi connectivity index (χ3n) is 13.2. The summed E-state index contributed by atoms with van der Waals surface area (Å²) in [5.41, 5.74) is 0.590. The summed E-state index contributed by atoms with van der Waals surface area (Å²) in [6.07, 6.45) is 10.5. The Hall–Kier alpha value is -1.16. The highest BCUT2D eigenvalue weighted by atomic mass is 16.5. The van der Waals surface area contributed by atoms with E-state index in [1.165, 1.54) is 12.7 Å². The van der Waals surface area contributed by atoms with Crippen LogP contribution < -0.4 is 0 Å². The lowest BCUT2D eigenvalue weighted by atomic mass is 9.33. The summed E-state index contributed by atoms with van der Waals surface area (Å²) in [4.78, 5) is 27.1. The average molecular weight is 485 g/mol. The SMILES string of the molecule is COC(=O)[C@@]1(C)CC[C@]2(C)CC[C@]3(C)C(=CC(=O)[C@@H]4[C@@]5(C)CC[C@H](O)C(C)(C)C5CC[C@]43C)[C@H]2C1. The van der Waals surface area contributed by atoms with Crippen molar-refractivity contribution in [2.75, 3.05) is 7.11 Å². The molecule has 5 aliphatic rings. The first-order valence-electron chi connectivity index (χ1n) is 14.1. The van der Waals surface area contributed by atoms with E-state index in [0.29, 0.717) is 11.7 Å². The van der Waals surface area contributed by atoms with Gasteiger partial charge >= 0.3 is 5.97 Å². The third kappa shape index (κ3) is 3.07. The van der Waals surface area contributed by atoms with Crippen LogP contribution in [-0.4, -0.2) is 30.1 Å². The van der Waals surface area contributed by atoms with Gasteiger partial charge in [-0.2, -0.15) is 0 Å². The molecule has 0 aromatic heterocycles. The molecule has 0 amide bonds. The lowest BCUT2D eigenvalue weighted by Crippen LogP contribution is -2.66. The molecule has 4 fully saturated rings. The summed E-state index contributed by atoms with van der Waals surface area (Å²) in [5, 5.41) is 10.9. The van der Waals surface area contributed by atoms with Crippen LogP contribution in [0.15, 0.2) is 11.6 Å². The standard InChI is InChI=1S/C31H48O4/c1-26(2)22-9-12-31(7)24(29(22,5)11-10-23(26)33)21(32)17-19-20-18-28(4,25(34)35-8)14-13-27(20,3)15-16-30(19,31)6/h17,20,22-24,33H,9-16,18H2,1-8H3/t20-,22?,23+,24-,27-,28+,29+,30-,31-/m1/s1. The van der Waals surface area contributed by atoms with Crippen molar-refractivity contribution in [3.05, 3.63) is 11.6 Å². The van der Waals surface area contributed by atoms with Gasteiger partial charge < -0.3 is 9.84 Å². The zero-order valence-corrected chi connectivity index (χ0v) is 23.4. The Bertz CT molecular complexity index is 980. The molecule has 0 radical (unpaired) electrons. The molecule has 4 heteroatoms. The predicted molar refractivity (Wildman–Crippen MR) is 137 cm³/mol. The average Bonchev–Trinajstić information content (AvgIpc) is 2.78. The van der Waals surface area contributed by atoms with Crippen LogP contribution in [0.5, 0.6) is 0 Å². The number of carbonyl (C=O) groups excluding carboxylic acids is 2. The van der Waals surface area contributed by atoms with Crippen LogP contribution in [0.3, 0.4) is 0 Å². The first kappa shape index (κ1) is 25.5. The maximum atomic E-state index is 14.3. The highest BCUT2D eigenvalue weighted by molar-refractivity contribution is 5.95. The monoisotopic (exact) mass is 484 g/mol. The lowest BCUT2D eigenvalue weighted by Gasteiger charge is -2.70. The van der Waals surface area contributed by atoms with Gasteiger partial charge in [0.15, 0.2) is 5.78 Å². The molecule has 0 aromatic rings. The molecule has 0 spiro atoms. The van der Waals surface area contributed by atoms with Crippen molar-refractivity contribution < 1.29 is 19.4 Å². The van der Waals surface area contributed by atoms with Gasteiger partial charge in [0.2, 0.25) is 0 Å². The molecule has 0 aliphatic heterocycles. The topological polar surface area (TPSA) is 63.6 Å². The Morgan fingerprint density at radius 2 is 1.60 bits per heavy atom. The maximum absolute atomic E-state index is 14.3. The molecule has 0 aromatic carbocycles. The van der Waals surface area contributed by atoms with E-state index in [4.69, 9.17) is 4.74 Å². The van der Waals surface area contributed by atoms with E-state index in [9.17, 15) is 14.7 Å². The van der Waals surface area contributed by atoms with E-state index >= 15 is 0 Å². The first-order valence-corrected chi connectivity index (χ1v) is 14.1. The fourth-order valence-electron chi connectivity index (χ4n) is 10.6. The third-order valence-corrected chi connectivity index (χ3v) is 13.2. The van der Waals surface area contributed by atoms with Crippen LogP contribution in [0.1, 0.15) is 106 Å². The van der Waals surface area contributed by atoms with Crippen molar-refractivity contribution >= 4 is 11.8 Å². The zero-order chi connectivity index (χ0) is 25.8. The maximum Gasteiger partial charge on any atom is 0.311 e. The minimum absolute atomic E-state index is 0.00536. The van der Waals surface area contributed by atoms with Gasteiger partial charge in [-0.15, -0.1) is 0 Å². The molecule has 5 rings (SSSR count). The number of esters is 1. The normalized spacial score (nSPS) is 52.8. The van der Waals surface area contributed by atoms with Crippen molar-refractivity contribution in [1.29, 1.82) is 0 Å². The van der Waals surface area contributed by atoms with Crippen LogP contribution in [0, 0.1) is 50.2 Å². The highest BCUT2D eigenvalue weighted by Crippen LogP contribution is 2.75. The number of ether oxygens (including phenoxy) is 1. The Kier molecular flexibility index (Phi) is 5.43. The minimum atomic E-state index is -0.480. The number of allylic oxidation sites excluding steroid dienone is 2. The van der Waals surface area contributed by atoms with Crippen LogP contribution >= 0.6 is 0 Å². The van der Waals surface area contributed by atoms with Crippen molar-refractivity contribution in [2.45, 2.75) is 112 Å². The van der Waals surface area contributed by atoms with E-state index in [1.807, 2.05) is 0 Å². The summed E-state index contributed by atoms with van der Waals surface area (Å²) in [6, 6.07) is 0. The number of ketones is 1. The second kappa shape index (κ2) is 7.45. The van der Waals surface area contributed by atoms with Gasteiger partial charge in [-0.25, -0.2) is 0 Å². The minimum Gasteiger partial charge on any atom is -0.469 e. The van der Waals surface area contributed by atoms with Gasteiger partial charge in [0, 0.05) is 5.92 Å². The van der Waals surface area contributed by atoms with Gasteiger partial charge in [0.05, 0.1) is 18.6 Å². The van der Waals surface area contributed by atoms with E-state index in [1.54, 1.807) is 0 Å². The van der Waals surface area contributed by atoms with Gasteiger partial charge in [0.1, 0.15) is 0 Å². The number of hydrogen-bond donors (Lipinski definition) is 1. The summed E-state index contributed by atoms with van der Waals surface area (Å²) in [7, 11) is 1.50. The second-order valence-corrected chi connectivity index (χ2v) is 15.1. The van der Waals surface area contributed by atoms with E-state index in [0.717, 1.165) is 57.8 Å². The van der Waals surface area contributed by atoms with Crippen LogP contribution in [0.2, 0.25) is 0 Å². The highest BCUT2D eigenvalue weighted by Gasteiger charge is 2.70. The van der Waals surface area contributed by atoms with E-state index < -0.39 is 5.41 Å². The Morgan fingerprint density at radius 3 is 2.26 bits per heavy atom. The number of aliphatic hydroxyl groups is 1. The first-order chi connectivity index (χ1) is 16.1. The number of carbonyl (C=O) groups is 2. The van der Waals surface area contributed by atoms with Gasteiger partial charge in [-0.1, -0.05) is 47.1 Å². The lowest BCUT2D eigenvalue weighted by molar-refractivity contribution is -0.202. The fraction of sp³-hybridized carbons (Fsp3) is 0.871. The molecule has 9 atom stereocenters. The van der Waals surface area contributed by atoms with Crippen molar-refractivity contribution in [1.82, 2.24) is 0 Å². The van der Waals surface area contributed by atoms with Crippen LogP contribution in [0.25, 0.3) is 0 Å². The van der Waals surface area contributed by atoms with Crippen LogP contribution in [0.4, 0.5) is 0 Å². The van der Waals surface area contributed by atoms with Crippen molar-refractivity contribution in [3.8, 4) is 0 Å². The molecule has 4 saturated carbocycles. The zero-order valence-electron chi connectivity index (χ0n) is 23.4. The molecule has 1 N–H and O–H groups in total. The summed E-state index contributed by atoms with van der Waals surface area (Å²) in [6.45, 7) is 16.2. The number of aliphatic hydroxyl groups excluding tert-OH is 1. The summed E-state index contributed by atoms with van der Waals surface area (Å²) in [5.74, 6) is 0.805. The van der Waals surface area contributed by atoms with Crippen molar-refractivity contribution in [2.24, 2.45) is 50.2 Å². The smallest absolute Gasteiger partial charge is 0.311 e. The molecule has 196 valence electrons. The van der Waals surface area contributed by atoms with E-state index in [2.05, 4.69) is 54.5 Å². The molecular formula is C31H48O4. The molecule has 5 aliphatic carbocycles. The molecule has 35 heavy (non-hydrogen) atoms. The Labute approximate surface area is 212 Å². The summed E-state index contributed by atoms with van der Waals surface area (Å²) < 4.78 is 5.25. The van der Waals surface area contributed by atoms with E-state index in [-0.39, 0.29) is 51.0 Å². The quantitative estimate of drug-likeness (QED) is 0.431. The van der Waals surface area contributed by atoms with Gasteiger partial charge in [0.25, 0.3) is 0 Å². The fourth-order valence-corrected chi connectivity index (χ4v) is 10.6.